The van der Waals surface area contributed by atoms with E-state index in [4.69, 9.17) is 15.5 Å². The minimum atomic E-state index is 0.475. The van der Waals surface area contributed by atoms with Gasteiger partial charge in [0, 0.05) is 26.3 Å². The van der Waals surface area contributed by atoms with E-state index < -0.39 is 0 Å². The zero-order valence-electron chi connectivity index (χ0n) is 14.4. The van der Waals surface area contributed by atoms with E-state index in [0.29, 0.717) is 5.82 Å². The highest BCUT2D eigenvalue weighted by Crippen LogP contribution is 2.37. The van der Waals surface area contributed by atoms with Gasteiger partial charge in [-0.1, -0.05) is 0 Å². The maximum absolute atomic E-state index is 6.23. The van der Waals surface area contributed by atoms with Crippen molar-refractivity contribution in [1.29, 1.82) is 0 Å². The number of ether oxygens (including phenoxy) is 1. The molecule has 0 spiro atoms. The first-order valence-corrected chi connectivity index (χ1v) is 9.37. The number of nitrogens with one attached hydrogen (secondary N) is 1. The van der Waals surface area contributed by atoms with Crippen molar-refractivity contribution in [1.82, 2.24) is 29.6 Å². The van der Waals surface area contributed by atoms with Crippen LogP contribution in [0.3, 0.4) is 0 Å². The first-order chi connectivity index (χ1) is 12.7. The van der Waals surface area contributed by atoms with Gasteiger partial charge in [0.05, 0.1) is 40.4 Å². The van der Waals surface area contributed by atoms with E-state index in [0.717, 1.165) is 70.5 Å². The summed E-state index contributed by atoms with van der Waals surface area (Å²) in [5.74, 6) is 1.47. The van der Waals surface area contributed by atoms with E-state index in [1.54, 1.807) is 11.3 Å². The van der Waals surface area contributed by atoms with Gasteiger partial charge in [-0.05, 0) is 12.1 Å². The summed E-state index contributed by atoms with van der Waals surface area (Å²) in [6.07, 6.45) is 1.82. The van der Waals surface area contributed by atoms with Gasteiger partial charge in [0.2, 0.25) is 0 Å². The predicted molar refractivity (Wildman–Crippen MR) is 102 cm³/mol. The molecule has 1 aliphatic rings. The molecule has 4 aromatic heterocycles. The molecule has 1 saturated heterocycles. The summed E-state index contributed by atoms with van der Waals surface area (Å²) in [4.78, 5) is 12.8. The lowest BCUT2D eigenvalue weighted by atomic mass is 10.3. The first kappa shape index (κ1) is 15.7. The van der Waals surface area contributed by atoms with Gasteiger partial charge < -0.3 is 15.0 Å². The molecule has 0 bridgehead atoms. The summed E-state index contributed by atoms with van der Waals surface area (Å²) in [5, 5.41) is 7.14. The van der Waals surface area contributed by atoms with Crippen molar-refractivity contribution < 1.29 is 4.74 Å². The van der Waals surface area contributed by atoms with Gasteiger partial charge in [0.1, 0.15) is 17.0 Å². The fourth-order valence-corrected chi connectivity index (χ4v) is 4.57. The number of imidazole rings is 1. The van der Waals surface area contributed by atoms with Crippen LogP contribution in [0.15, 0.2) is 18.3 Å². The van der Waals surface area contributed by atoms with Crippen LogP contribution in [0, 0.1) is 0 Å². The molecule has 0 aromatic carbocycles. The molecule has 0 saturated carbocycles. The molecule has 0 unspecified atom stereocenters. The molecule has 8 nitrogen and oxygen atoms in total. The molecule has 3 N–H and O–H groups in total. The van der Waals surface area contributed by atoms with E-state index in [1.807, 2.05) is 18.3 Å². The van der Waals surface area contributed by atoms with Crippen molar-refractivity contribution in [3.05, 3.63) is 24.2 Å². The number of morpholine rings is 1. The Morgan fingerprint density at radius 3 is 2.92 bits per heavy atom. The van der Waals surface area contributed by atoms with Gasteiger partial charge in [-0.2, -0.15) is 5.10 Å². The van der Waals surface area contributed by atoms with Crippen LogP contribution in [0.2, 0.25) is 0 Å². The number of fused-ring (bicyclic) bond motifs is 3. The number of anilines is 1. The second-order valence-corrected chi connectivity index (χ2v) is 7.51. The summed E-state index contributed by atoms with van der Waals surface area (Å²) >= 11 is 1.67. The Morgan fingerprint density at radius 1 is 1.31 bits per heavy atom. The van der Waals surface area contributed by atoms with E-state index in [9.17, 15) is 0 Å². The summed E-state index contributed by atoms with van der Waals surface area (Å²) in [6, 6.07) is 4.00. The standard InChI is InChI=1S/C17H19N7OS/c1-23-13(9-24-4-6-25-7-5-24)21-14-15(23)16-11(20-17(14)18)8-12(26-16)10-2-3-19-22-10/h2-3,8H,4-7,9H2,1H3,(H2,18,20)(H,19,22). The minimum absolute atomic E-state index is 0.475. The van der Waals surface area contributed by atoms with E-state index in [1.165, 1.54) is 0 Å². The highest BCUT2D eigenvalue weighted by Gasteiger charge is 2.20. The first-order valence-electron chi connectivity index (χ1n) is 8.55. The Kier molecular flexibility index (Phi) is 3.66. The lowest BCUT2D eigenvalue weighted by Gasteiger charge is -2.26. The zero-order chi connectivity index (χ0) is 17.7. The normalized spacial score (nSPS) is 16.0. The summed E-state index contributed by atoms with van der Waals surface area (Å²) in [6.45, 7) is 4.18. The Labute approximate surface area is 153 Å². The number of aryl methyl sites for hydroxylation is 1. The minimum Gasteiger partial charge on any atom is -0.382 e. The molecular weight excluding hydrogens is 350 g/mol. The highest BCUT2D eigenvalue weighted by atomic mass is 32.1. The van der Waals surface area contributed by atoms with Crippen LogP contribution in [-0.2, 0) is 18.3 Å². The zero-order valence-corrected chi connectivity index (χ0v) is 15.2. The summed E-state index contributed by atoms with van der Waals surface area (Å²) in [7, 11) is 2.05. The van der Waals surface area contributed by atoms with Crippen LogP contribution >= 0.6 is 11.3 Å². The average Bonchev–Trinajstić information content (AvgIpc) is 3.36. The number of H-pyrrole nitrogens is 1. The Balaban J connectivity index is 1.64. The predicted octanol–water partition coefficient (Wildman–Crippen LogP) is 1.99. The SMILES string of the molecule is Cn1c(CN2CCOCC2)nc2c(N)nc3cc(-c4cc[nH]n4)sc3c21. The maximum atomic E-state index is 6.23. The Bertz CT molecular complexity index is 1080. The van der Waals surface area contributed by atoms with Crippen molar-refractivity contribution in [3.63, 3.8) is 0 Å². The monoisotopic (exact) mass is 369 g/mol. The van der Waals surface area contributed by atoms with Gasteiger partial charge in [-0.15, -0.1) is 11.3 Å². The quantitative estimate of drug-likeness (QED) is 0.573. The van der Waals surface area contributed by atoms with Crippen molar-refractivity contribution in [2.45, 2.75) is 6.54 Å². The molecule has 1 fully saturated rings. The van der Waals surface area contributed by atoms with Crippen molar-refractivity contribution in [3.8, 4) is 10.6 Å². The molecule has 5 heterocycles. The van der Waals surface area contributed by atoms with E-state index in [-0.39, 0.29) is 0 Å². The number of rotatable bonds is 3. The molecule has 5 rings (SSSR count). The van der Waals surface area contributed by atoms with Crippen LogP contribution in [0.4, 0.5) is 5.82 Å². The second kappa shape index (κ2) is 6.04. The number of pyridine rings is 1. The second-order valence-electron chi connectivity index (χ2n) is 6.45. The van der Waals surface area contributed by atoms with Gasteiger partial charge in [-0.3, -0.25) is 10.00 Å². The third-order valence-corrected chi connectivity index (χ3v) is 5.97. The lowest BCUT2D eigenvalue weighted by Crippen LogP contribution is -2.36. The number of hydrogen-bond donors (Lipinski definition) is 2. The highest BCUT2D eigenvalue weighted by molar-refractivity contribution is 7.23. The molecule has 9 heteroatoms. The number of thiophene rings is 1. The van der Waals surface area contributed by atoms with E-state index in [2.05, 4.69) is 31.7 Å². The summed E-state index contributed by atoms with van der Waals surface area (Å²) < 4.78 is 8.68. The van der Waals surface area contributed by atoms with Gasteiger partial charge in [0.15, 0.2) is 5.82 Å². The molecule has 1 aliphatic heterocycles. The molecular formula is C17H19N7OS. The smallest absolute Gasteiger partial charge is 0.152 e. The molecule has 26 heavy (non-hydrogen) atoms. The number of aromatic nitrogens is 5. The van der Waals surface area contributed by atoms with Crippen LogP contribution < -0.4 is 5.73 Å². The number of nitrogens with two attached hydrogens (primary N) is 1. The third kappa shape index (κ3) is 2.47. The van der Waals surface area contributed by atoms with Gasteiger partial charge in [0.25, 0.3) is 0 Å². The van der Waals surface area contributed by atoms with Gasteiger partial charge in [-0.25, -0.2) is 9.97 Å². The fourth-order valence-electron chi connectivity index (χ4n) is 3.42. The van der Waals surface area contributed by atoms with Crippen LogP contribution in [0.25, 0.3) is 31.8 Å². The van der Waals surface area contributed by atoms with Gasteiger partial charge >= 0.3 is 0 Å². The molecule has 0 aliphatic carbocycles. The number of nitrogens with zero attached hydrogens (tertiary/aromatic N) is 5. The summed E-state index contributed by atoms with van der Waals surface area (Å²) in [5.41, 5.74) is 9.85. The largest absolute Gasteiger partial charge is 0.382 e. The van der Waals surface area contributed by atoms with Crippen molar-refractivity contribution in [2.24, 2.45) is 7.05 Å². The number of hydrogen-bond acceptors (Lipinski definition) is 7. The topological polar surface area (TPSA) is 97.9 Å². The Hall–Kier alpha value is -2.49. The van der Waals surface area contributed by atoms with Crippen LogP contribution in [0.5, 0.6) is 0 Å². The van der Waals surface area contributed by atoms with Crippen molar-refractivity contribution >= 4 is 38.4 Å². The number of aromatic amines is 1. The molecule has 0 amide bonds. The molecule has 4 aromatic rings. The molecule has 0 atom stereocenters. The third-order valence-electron chi connectivity index (χ3n) is 4.82. The van der Waals surface area contributed by atoms with Crippen molar-refractivity contribution in [2.75, 3.05) is 32.0 Å². The maximum Gasteiger partial charge on any atom is 0.152 e. The average molecular weight is 369 g/mol. The number of nitrogen functional groups attached to an aromatic ring is 1. The lowest BCUT2D eigenvalue weighted by molar-refractivity contribution is 0.0328. The Morgan fingerprint density at radius 2 is 2.15 bits per heavy atom. The van der Waals surface area contributed by atoms with Crippen LogP contribution in [-0.4, -0.2) is 55.9 Å². The molecule has 134 valence electrons. The molecule has 0 radical (unpaired) electrons. The van der Waals surface area contributed by atoms with E-state index >= 15 is 0 Å². The fraction of sp³-hybridized carbons (Fsp3) is 0.353. The van der Waals surface area contributed by atoms with Crippen LogP contribution in [0.1, 0.15) is 5.82 Å².